The summed E-state index contributed by atoms with van der Waals surface area (Å²) < 4.78 is 34.1. The number of carbonyl (C=O) groups is 1. The smallest absolute Gasteiger partial charge is 0.220 e. The van der Waals surface area contributed by atoms with Crippen LogP contribution in [0, 0.1) is 0 Å². The zero-order valence-electron chi connectivity index (χ0n) is 47.5. The van der Waals surface area contributed by atoms with Gasteiger partial charge < -0.3 is 89.9 Å². The number of hydrogen-bond donors (Lipinski definition) is 12. The summed E-state index contributed by atoms with van der Waals surface area (Å²) in [7, 11) is 0. The van der Waals surface area contributed by atoms with Gasteiger partial charge >= 0.3 is 0 Å². The minimum Gasteiger partial charge on any atom is -0.394 e. The summed E-state index contributed by atoms with van der Waals surface area (Å²) in [4.78, 5) is 13.0. The molecule has 19 nitrogen and oxygen atoms in total. The lowest BCUT2D eigenvalue weighted by molar-refractivity contribution is -0.379. The zero-order chi connectivity index (χ0) is 56.2. The molecule has 3 fully saturated rings. The Morgan fingerprint density at radius 2 is 0.740 bits per heavy atom. The molecule has 1 amide bonds. The van der Waals surface area contributed by atoms with Crippen molar-refractivity contribution in [2.75, 3.05) is 26.4 Å². The van der Waals surface area contributed by atoms with Gasteiger partial charge in [0.15, 0.2) is 18.9 Å². The molecule has 19 heteroatoms. The van der Waals surface area contributed by atoms with Crippen LogP contribution in [0.3, 0.4) is 0 Å². The van der Waals surface area contributed by atoms with E-state index in [0.29, 0.717) is 12.8 Å². The molecule has 0 aromatic rings. The number of ether oxygens (including phenoxy) is 6. The Bertz CT molecular complexity index is 1420. The Hall–Kier alpha value is -1.21. The van der Waals surface area contributed by atoms with Crippen LogP contribution >= 0.6 is 0 Å². The van der Waals surface area contributed by atoms with Crippen LogP contribution in [-0.2, 0) is 33.2 Å². The number of hydrogen-bond acceptors (Lipinski definition) is 18. The lowest BCUT2D eigenvalue weighted by Crippen LogP contribution is -2.66. The summed E-state index contributed by atoms with van der Waals surface area (Å²) in [5.74, 6) is -0.265. The molecule has 17 atom stereocenters. The summed E-state index contributed by atoms with van der Waals surface area (Å²) in [5.41, 5.74) is 0. The number of carbonyl (C=O) groups excluding carboxylic acids is 1. The van der Waals surface area contributed by atoms with E-state index in [1.54, 1.807) is 0 Å². The Labute approximate surface area is 462 Å². The normalized spacial score (nSPS) is 30.6. The van der Waals surface area contributed by atoms with Crippen LogP contribution in [0.1, 0.15) is 232 Å². The first-order valence-electron chi connectivity index (χ1n) is 30.8. The fraction of sp³-hybridized carbons (Fsp3) is 0.983. The third-order valence-corrected chi connectivity index (χ3v) is 15.9. The van der Waals surface area contributed by atoms with Crippen LogP contribution < -0.4 is 5.32 Å². The van der Waals surface area contributed by atoms with E-state index in [4.69, 9.17) is 28.4 Å². The van der Waals surface area contributed by atoms with E-state index in [-0.39, 0.29) is 18.9 Å². The van der Waals surface area contributed by atoms with Gasteiger partial charge in [-0.25, -0.2) is 0 Å². The largest absolute Gasteiger partial charge is 0.394 e. The SMILES string of the molecule is CCCCCCCCCCCCCCCCCCCCCCCCCCCCCCCC(O)C(COC1OC(CO)C(OC2OC(CO)C(OC3OC(CO)C(O)C(O)C3O)C(O)C2O)C(O)C1O)NC(=O)CCCCC. The highest BCUT2D eigenvalue weighted by Crippen LogP contribution is 2.33. The molecule has 17 unspecified atom stereocenters. The molecular formula is C58H111NO18. The molecule has 3 aliphatic heterocycles. The van der Waals surface area contributed by atoms with Crippen molar-refractivity contribution < 1.29 is 89.4 Å². The fourth-order valence-corrected chi connectivity index (χ4v) is 10.8. The van der Waals surface area contributed by atoms with Crippen LogP contribution in [0.2, 0.25) is 0 Å². The van der Waals surface area contributed by atoms with Gasteiger partial charge in [0.25, 0.3) is 0 Å². The third kappa shape index (κ3) is 26.7. The second kappa shape index (κ2) is 42.6. The molecular weight excluding hydrogens is 999 g/mol. The van der Waals surface area contributed by atoms with Gasteiger partial charge in [0.2, 0.25) is 5.91 Å². The van der Waals surface area contributed by atoms with E-state index in [0.717, 1.165) is 38.5 Å². The number of amides is 1. The molecule has 0 aliphatic carbocycles. The van der Waals surface area contributed by atoms with E-state index in [9.17, 15) is 61.0 Å². The number of nitrogens with one attached hydrogen (secondary N) is 1. The molecule has 0 bridgehead atoms. The van der Waals surface area contributed by atoms with Gasteiger partial charge in [0.1, 0.15) is 73.2 Å². The molecule has 0 aromatic carbocycles. The molecule has 12 N–H and O–H groups in total. The molecule has 0 saturated carbocycles. The van der Waals surface area contributed by atoms with Gasteiger partial charge in [0, 0.05) is 6.42 Å². The van der Waals surface area contributed by atoms with Crippen molar-refractivity contribution in [2.24, 2.45) is 0 Å². The molecule has 0 spiro atoms. The lowest BCUT2D eigenvalue weighted by atomic mass is 9.96. The van der Waals surface area contributed by atoms with Crippen molar-refractivity contribution >= 4 is 5.91 Å². The molecule has 456 valence electrons. The highest BCUT2D eigenvalue weighted by Gasteiger charge is 2.53. The molecule has 3 aliphatic rings. The van der Waals surface area contributed by atoms with E-state index >= 15 is 0 Å². The topological polar surface area (TPSA) is 307 Å². The second-order valence-electron chi connectivity index (χ2n) is 22.5. The van der Waals surface area contributed by atoms with Gasteiger partial charge in [-0.3, -0.25) is 4.79 Å². The molecule has 3 heterocycles. The van der Waals surface area contributed by atoms with Crippen molar-refractivity contribution in [1.29, 1.82) is 0 Å². The average molecular weight is 1110 g/mol. The zero-order valence-corrected chi connectivity index (χ0v) is 47.5. The van der Waals surface area contributed by atoms with Crippen molar-refractivity contribution in [1.82, 2.24) is 5.32 Å². The van der Waals surface area contributed by atoms with Crippen LogP contribution in [0.25, 0.3) is 0 Å². The Morgan fingerprint density at radius 1 is 0.416 bits per heavy atom. The molecule has 0 radical (unpaired) electrons. The fourth-order valence-electron chi connectivity index (χ4n) is 10.8. The summed E-state index contributed by atoms with van der Waals surface area (Å²) >= 11 is 0. The van der Waals surface area contributed by atoms with E-state index in [2.05, 4.69) is 12.2 Å². The Morgan fingerprint density at radius 3 is 1.13 bits per heavy atom. The standard InChI is InChI=1S/C58H111NO18/c1-3-5-7-8-9-10-11-12-13-14-15-16-17-18-19-20-21-22-23-24-25-26-27-28-29-30-31-32-34-35-42(63)41(59-46(64)36-33-6-4-2)40-72-56-52(70)49(67)54(44(38-61)74-56)77-58-53(71)50(68)55(45(39-62)75-58)76-57-51(69)48(66)47(65)43(37-60)73-57/h41-45,47-58,60-63,65-71H,3-40H2,1-2H3,(H,59,64). The molecule has 3 saturated heterocycles. The van der Waals surface area contributed by atoms with E-state index in [1.807, 2.05) is 6.92 Å². The van der Waals surface area contributed by atoms with Crippen LogP contribution in [0.5, 0.6) is 0 Å². The van der Waals surface area contributed by atoms with E-state index in [1.165, 1.54) is 161 Å². The number of unbranched alkanes of at least 4 members (excludes halogenated alkanes) is 30. The first-order valence-corrected chi connectivity index (χ1v) is 30.8. The van der Waals surface area contributed by atoms with Crippen LogP contribution in [0.4, 0.5) is 0 Å². The van der Waals surface area contributed by atoms with Crippen molar-refractivity contribution in [3.8, 4) is 0 Å². The van der Waals surface area contributed by atoms with Gasteiger partial charge in [-0.1, -0.05) is 213 Å². The average Bonchev–Trinajstić information content (AvgIpc) is 3.44. The second-order valence-corrected chi connectivity index (χ2v) is 22.5. The summed E-state index contributed by atoms with van der Waals surface area (Å²) in [6, 6.07) is -0.877. The van der Waals surface area contributed by atoms with Gasteiger partial charge in [-0.05, 0) is 12.8 Å². The van der Waals surface area contributed by atoms with Crippen LogP contribution in [0.15, 0.2) is 0 Å². The minimum absolute atomic E-state index is 0.255. The highest BCUT2D eigenvalue weighted by molar-refractivity contribution is 5.76. The summed E-state index contributed by atoms with van der Waals surface area (Å²) in [6.07, 6.45) is 14.8. The lowest BCUT2D eigenvalue weighted by Gasteiger charge is -2.48. The molecule has 3 rings (SSSR count). The third-order valence-electron chi connectivity index (χ3n) is 15.9. The predicted molar refractivity (Wildman–Crippen MR) is 291 cm³/mol. The number of aliphatic hydroxyl groups excluding tert-OH is 11. The maximum atomic E-state index is 13.0. The van der Waals surface area contributed by atoms with Gasteiger partial charge in [-0.2, -0.15) is 0 Å². The highest BCUT2D eigenvalue weighted by atomic mass is 16.8. The molecule has 77 heavy (non-hydrogen) atoms. The van der Waals surface area contributed by atoms with Gasteiger partial charge in [-0.15, -0.1) is 0 Å². The first-order chi connectivity index (χ1) is 37.3. The maximum Gasteiger partial charge on any atom is 0.220 e. The molecule has 0 aromatic heterocycles. The summed E-state index contributed by atoms with van der Waals surface area (Å²) in [6.45, 7) is 1.62. The first kappa shape index (κ1) is 70.1. The maximum absolute atomic E-state index is 13.0. The Balaban J connectivity index is 1.30. The minimum atomic E-state index is -1.97. The van der Waals surface area contributed by atoms with E-state index < -0.39 is 124 Å². The van der Waals surface area contributed by atoms with Crippen molar-refractivity contribution in [3.05, 3.63) is 0 Å². The monoisotopic (exact) mass is 1110 g/mol. The van der Waals surface area contributed by atoms with Crippen LogP contribution in [-0.4, -0.2) is 193 Å². The quantitative estimate of drug-likeness (QED) is 0.0330. The predicted octanol–water partition coefficient (Wildman–Crippen LogP) is 5.60. The number of aliphatic hydroxyl groups is 11. The summed E-state index contributed by atoms with van der Waals surface area (Å²) in [5, 5.41) is 119. The Kier molecular flexibility index (Phi) is 38.7. The van der Waals surface area contributed by atoms with Gasteiger partial charge in [0.05, 0.1) is 38.6 Å². The van der Waals surface area contributed by atoms with Crippen molar-refractivity contribution in [2.45, 2.75) is 336 Å². The van der Waals surface area contributed by atoms with Crippen molar-refractivity contribution in [3.63, 3.8) is 0 Å². The number of rotatable bonds is 46.